The molecule has 0 saturated heterocycles. The SMILES string of the molecule is Nc1[14n][13cH][14n]c2[nH][13c](=O)[14nH]c12. The van der Waals surface area contributed by atoms with Crippen molar-refractivity contribution < 1.29 is 0 Å². The van der Waals surface area contributed by atoms with E-state index < -0.39 is 0 Å². The zero-order valence-electron chi connectivity index (χ0n) is 5.46. The Kier molecular flexibility index (Phi) is 0.974. The fourth-order valence-electron chi connectivity index (χ4n) is 0.870. The molecule has 0 aliphatic rings. The van der Waals surface area contributed by atoms with Crippen molar-refractivity contribution in [3.8, 4) is 0 Å². The lowest BCUT2D eigenvalue weighted by Crippen LogP contribution is -1.99. The van der Waals surface area contributed by atoms with Crippen LogP contribution in [-0.4, -0.2) is 19.9 Å². The molecule has 6 nitrogen and oxygen atoms in total. The minimum Gasteiger partial charge on any atom is -0.382 e. The molecule has 56 valence electrons. The second-order valence-corrected chi connectivity index (χ2v) is 2.06. The Balaban J connectivity index is 3.01. The quantitative estimate of drug-likeness (QED) is 0.462. The van der Waals surface area contributed by atoms with Gasteiger partial charge < -0.3 is 10.7 Å². The number of nitrogens with one attached hydrogen (secondary N) is 2. The van der Waals surface area contributed by atoms with Crippen molar-refractivity contribution in [2.24, 2.45) is 0 Å². The van der Waals surface area contributed by atoms with Crippen LogP contribution in [0, 0.1) is 0 Å². The van der Waals surface area contributed by atoms with Gasteiger partial charge in [-0.2, -0.15) is 0 Å². The summed E-state index contributed by atoms with van der Waals surface area (Å²) in [4.78, 5) is 23.1. The number of hydrogen-bond acceptors (Lipinski definition) is 4. The lowest BCUT2D eigenvalue weighted by molar-refractivity contribution is 1.19. The molecule has 2 heterocycles. The van der Waals surface area contributed by atoms with E-state index in [1.54, 1.807) is 0 Å². The van der Waals surface area contributed by atoms with Crippen molar-refractivity contribution in [1.82, 2.24) is 19.9 Å². The average molecular weight is 153 g/mol. The van der Waals surface area contributed by atoms with Crippen LogP contribution in [-0.2, 0) is 0 Å². The van der Waals surface area contributed by atoms with Gasteiger partial charge in [0.15, 0.2) is 11.5 Å². The largest absolute Gasteiger partial charge is 0.382 e. The van der Waals surface area contributed by atoms with Crippen LogP contribution in [0.15, 0.2) is 11.1 Å². The van der Waals surface area contributed by atoms with Crippen LogP contribution in [0.3, 0.4) is 0 Å². The number of imidazole rings is 1. The Hall–Kier alpha value is -1.85. The molecular weight excluding hydrogens is 148 g/mol. The van der Waals surface area contributed by atoms with Crippen molar-refractivity contribution in [3.05, 3.63) is 16.8 Å². The van der Waals surface area contributed by atoms with Gasteiger partial charge in [-0.05, 0) is 0 Å². The first-order valence-electron chi connectivity index (χ1n) is 2.96. The van der Waals surface area contributed by atoms with Gasteiger partial charge in [-0.1, -0.05) is 0 Å². The second kappa shape index (κ2) is 1.82. The van der Waals surface area contributed by atoms with Crippen molar-refractivity contribution in [2.75, 3.05) is 5.73 Å². The molecule has 2 aromatic heterocycles. The molecule has 0 spiro atoms. The zero-order chi connectivity index (χ0) is 7.84. The summed E-state index contributed by atoms with van der Waals surface area (Å²) in [5.41, 5.74) is 5.99. The first-order chi connectivity index (χ1) is 5.27. The van der Waals surface area contributed by atoms with Gasteiger partial charge in [-0.15, -0.1) is 0 Å². The van der Waals surface area contributed by atoms with E-state index in [4.69, 9.17) is 5.73 Å². The smallest absolute Gasteiger partial charge is 0.325 e. The van der Waals surface area contributed by atoms with Gasteiger partial charge in [0.1, 0.15) is 11.8 Å². The highest BCUT2D eigenvalue weighted by molar-refractivity contribution is 5.80. The number of rotatable bonds is 0. The van der Waals surface area contributed by atoms with Crippen molar-refractivity contribution >= 4 is 17.0 Å². The third-order valence-electron chi connectivity index (χ3n) is 1.35. The molecule has 0 bridgehead atoms. The van der Waals surface area contributed by atoms with Gasteiger partial charge in [-0.25, -0.2) is 14.8 Å². The highest BCUT2D eigenvalue weighted by Crippen LogP contribution is 2.07. The van der Waals surface area contributed by atoms with Gasteiger partial charge in [-0.3, -0.25) is 4.98 Å². The van der Waals surface area contributed by atoms with Crippen LogP contribution < -0.4 is 11.4 Å². The predicted molar refractivity (Wildman–Crippen MR) is 38.9 cm³/mol. The van der Waals surface area contributed by atoms with Crippen LogP contribution >= 0.6 is 0 Å². The van der Waals surface area contributed by atoms with E-state index in [1.807, 2.05) is 0 Å². The van der Waals surface area contributed by atoms with Crippen molar-refractivity contribution in [3.63, 3.8) is 0 Å². The van der Waals surface area contributed by atoms with Gasteiger partial charge in [0.2, 0.25) is 0 Å². The fraction of sp³-hybridized carbons (Fsp3) is 0. The monoisotopic (exact) mass is 153 g/mol. The molecule has 0 fully saturated rings. The van der Waals surface area contributed by atoms with Crippen LogP contribution in [0.2, 0.25) is 0 Å². The van der Waals surface area contributed by atoms with E-state index in [-0.39, 0.29) is 11.5 Å². The molecule has 6 heteroatoms. The van der Waals surface area contributed by atoms with Crippen molar-refractivity contribution in [2.45, 2.75) is 0 Å². The molecule has 2 aromatic rings. The van der Waals surface area contributed by atoms with Crippen LogP contribution in [0.5, 0.6) is 0 Å². The first kappa shape index (κ1) is 5.90. The summed E-state index contributed by atoms with van der Waals surface area (Å²) in [7, 11) is 0. The maximum Gasteiger partial charge on any atom is 0.325 e. The number of H-pyrrole nitrogens is 2. The number of anilines is 1. The van der Waals surface area contributed by atoms with E-state index in [0.29, 0.717) is 11.2 Å². The molecule has 0 aromatic carbocycles. The Labute approximate surface area is 60.5 Å². The number of aromatic amines is 2. The number of aromatic nitrogens is 4. The lowest BCUT2D eigenvalue weighted by Gasteiger charge is -1.89. The molecular formula is C5H5N5O. The van der Waals surface area contributed by atoms with Gasteiger partial charge >= 0.3 is 5.69 Å². The number of hydrogen-bond donors (Lipinski definition) is 3. The Morgan fingerprint density at radius 1 is 1.36 bits per heavy atom. The van der Waals surface area contributed by atoms with Crippen molar-refractivity contribution in [1.29, 1.82) is 0 Å². The van der Waals surface area contributed by atoms with E-state index in [9.17, 15) is 4.79 Å². The summed E-state index contributed by atoms with van der Waals surface area (Å²) in [6.07, 6.45) is 1.29. The molecule has 0 saturated carbocycles. The molecule has 0 aliphatic carbocycles. The molecule has 0 radical (unpaired) electrons. The maximum absolute atomic E-state index is 10.7. The van der Waals surface area contributed by atoms with E-state index in [1.165, 1.54) is 6.33 Å². The molecule has 0 aliphatic heterocycles. The van der Waals surface area contributed by atoms with Crippen LogP contribution in [0.25, 0.3) is 11.2 Å². The number of nitrogens with zero attached hydrogens (tertiary/aromatic N) is 2. The Bertz CT molecular complexity index is 441. The molecule has 0 unspecified atom stereocenters. The second-order valence-electron chi connectivity index (χ2n) is 2.06. The van der Waals surface area contributed by atoms with Crippen LogP contribution in [0.4, 0.5) is 5.82 Å². The lowest BCUT2D eigenvalue weighted by atomic mass is 10.5. The fourth-order valence-corrected chi connectivity index (χ4v) is 0.870. The van der Waals surface area contributed by atoms with Gasteiger partial charge in [0, 0.05) is 0 Å². The molecule has 2 rings (SSSR count). The maximum atomic E-state index is 10.7. The summed E-state index contributed by atoms with van der Waals surface area (Å²) < 4.78 is 0. The minimum absolute atomic E-state index is 0.272. The molecule has 11 heavy (non-hydrogen) atoms. The predicted octanol–water partition coefficient (Wildman–Crippen LogP) is -0.772. The summed E-state index contributed by atoms with van der Waals surface area (Å²) in [6.45, 7) is 0. The van der Waals surface area contributed by atoms with E-state index in [0.717, 1.165) is 0 Å². The highest BCUT2D eigenvalue weighted by atomic mass is 16.2. The Morgan fingerprint density at radius 3 is 2.91 bits per heavy atom. The normalized spacial score (nSPS) is 10.5. The zero-order valence-corrected chi connectivity index (χ0v) is 5.46. The first-order valence-corrected chi connectivity index (χ1v) is 2.96. The van der Waals surface area contributed by atoms with Crippen LogP contribution in [0.1, 0.15) is 0 Å². The van der Waals surface area contributed by atoms with Gasteiger partial charge in [0.25, 0.3) is 0 Å². The standard InChI is InChI=1S/C5H5N5O/c6-3-2-4(8-1-7-3)10-5(11)9-2/h1H,(H4,6,7,8,9,10,11)/i1+1,5+1,7+0,8+0,9+0. The summed E-state index contributed by atoms with van der Waals surface area (Å²) in [5.74, 6) is 0.272. The topological polar surface area (TPSA) is 100 Å². The molecule has 0 atom stereocenters. The highest BCUT2D eigenvalue weighted by Gasteiger charge is 2.01. The third kappa shape index (κ3) is 0.759. The van der Waals surface area contributed by atoms with E-state index in [2.05, 4.69) is 19.9 Å². The third-order valence-corrected chi connectivity index (χ3v) is 1.35. The number of nitrogens with two attached hydrogens (primary N) is 1. The molecule has 4 N–H and O–H groups in total. The van der Waals surface area contributed by atoms with Gasteiger partial charge in [0.05, 0.1) is 0 Å². The number of nitrogen functional groups attached to an aromatic ring is 1. The summed E-state index contributed by atoms with van der Waals surface area (Å²) in [5, 5.41) is 0. The molecule has 0 amide bonds. The minimum atomic E-state index is -0.327. The van der Waals surface area contributed by atoms with E-state index >= 15 is 0 Å². The average Bonchev–Trinajstić information content (AvgIpc) is 2.31. The summed E-state index contributed by atoms with van der Waals surface area (Å²) in [6, 6.07) is 0. The Morgan fingerprint density at radius 2 is 2.18 bits per heavy atom. The number of fused-ring (bicyclic) bond motifs is 1. The summed E-state index contributed by atoms with van der Waals surface area (Å²) >= 11 is 0.